The van der Waals surface area contributed by atoms with Crippen LogP contribution in [0.4, 0.5) is 10.1 Å². The van der Waals surface area contributed by atoms with E-state index in [2.05, 4.69) is 23.7 Å². The molecule has 4 rings (SSSR count). The molecule has 182 valence electrons. The summed E-state index contributed by atoms with van der Waals surface area (Å²) < 4.78 is 20.9. The maximum Gasteiger partial charge on any atom is 0.338 e. The summed E-state index contributed by atoms with van der Waals surface area (Å²) in [5, 5.41) is 0. The highest BCUT2D eigenvalue weighted by molar-refractivity contribution is 7.07. The molecular weight excluding hydrogens is 465 g/mol. The smallest absolute Gasteiger partial charge is 0.338 e. The van der Waals surface area contributed by atoms with E-state index < -0.39 is 17.8 Å². The molecule has 0 radical (unpaired) electrons. The number of aromatic nitrogens is 1. The van der Waals surface area contributed by atoms with Gasteiger partial charge in [-0.2, -0.15) is 0 Å². The average molecular weight is 494 g/mol. The first kappa shape index (κ1) is 24.6. The van der Waals surface area contributed by atoms with E-state index in [0.29, 0.717) is 20.6 Å². The summed E-state index contributed by atoms with van der Waals surface area (Å²) in [7, 11) is 0. The first-order valence-corrected chi connectivity index (χ1v) is 12.5. The molecule has 0 unspecified atom stereocenters. The highest BCUT2D eigenvalue weighted by Crippen LogP contribution is 2.30. The van der Waals surface area contributed by atoms with E-state index in [-0.39, 0.29) is 17.7 Å². The van der Waals surface area contributed by atoms with Crippen molar-refractivity contribution in [3.63, 3.8) is 0 Å². The van der Waals surface area contributed by atoms with E-state index in [1.807, 2.05) is 30.3 Å². The van der Waals surface area contributed by atoms with Crippen LogP contribution < -0.4 is 19.8 Å². The second-order valence-corrected chi connectivity index (χ2v) is 9.13. The van der Waals surface area contributed by atoms with Gasteiger partial charge in [-0.3, -0.25) is 9.36 Å². The van der Waals surface area contributed by atoms with Crippen molar-refractivity contribution in [3.8, 4) is 0 Å². The van der Waals surface area contributed by atoms with Crippen molar-refractivity contribution in [1.82, 2.24) is 4.57 Å². The predicted octanol–water partition coefficient (Wildman–Crippen LogP) is 3.78. The highest BCUT2D eigenvalue weighted by Gasteiger charge is 2.33. The van der Waals surface area contributed by atoms with Gasteiger partial charge in [0.1, 0.15) is 5.82 Å². The molecule has 0 saturated heterocycles. The second-order valence-electron chi connectivity index (χ2n) is 8.12. The molecule has 0 bridgehead atoms. The second kappa shape index (κ2) is 10.4. The molecule has 1 aromatic heterocycles. The van der Waals surface area contributed by atoms with Crippen molar-refractivity contribution in [1.29, 1.82) is 0 Å². The van der Waals surface area contributed by atoms with Gasteiger partial charge in [-0.05, 0) is 69.2 Å². The monoisotopic (exact) mass is 493 g/mol. The topological polar surface area (TPSA) is 63.9 Å². The zero-order valence-corrected chi connectivity index (χ0v) is 21.1. The fourth-order valence-corrected chi connectivity index (χ4v) is 5.32. The molecular formula is C27H28FN3O3S. The minimum absolute atomic E-state index is 0.194. The quantitative estimate of drug-likeness (QED) is 0.470. The van der Waals surface area contributed by atoms with Crippen LogP contribution in [0.1, 0.15) is 44.9 Å². The Labute approximate surface area is 207 Å². The number of esters is 1. The highest BCUT2D eigenvalue weighted by atomic mass is 32.1. The summed E-state index contributed by atoms with van der Waals surface area (Å²) in [5.74, 6) is -0.933. The zero-order valence-electron chi connectivity index (χ0n) is 20.2. The molecule has 35 heavy (non-hydrogen) atoms. The number of halogens is 1. The molecule has 2 aromatic carbocycles. The summed E-state index contributed by atoms with van der Waals surface area (Å²) in [6.45, 7) is 9.71. The molecule has 1 aliphatic heterocycles. The molecule has 8 heteroatoms. The molecule has 1 aliphatic rings. The van der Waals surface area contributed by atoms with Crippen LogP contribution in [0.2, 0.25) is 0 Å². The normalized spacial score (nSPS) is 15.6. The molecule has 0 amide bonds. The number of fused-ring (bicyclic) bond motifs is 1. The Morgan fingerprint density at radius 1 is 1.11 bits per heavy atom. The van der Waals surface area contributed by atoms with Crippen LogP contribution >= 0.6 is 11.3 Å². The molecule has 0 saturated carbocycles. The number of thiazole rings is 1. The number of hydrogen-bond acceptors (Lipinski definition) is 6. The van der Waals surface area contributed by atoms with Crippen molar-refractivity contribution >= 4 is 29.1 Å². The lowest BCUT2D eigenvalue weighted by Gasteiger charge is -2.24. The molecule has 0 aliphatic carbocycles. The lowest BCUT2D eigenvalue weighted by atomic mass is 9.96. The molecule has 0 N–H and O–H groups in total. The van der Waals surface area contributed by atoms with Crippen LogP contribution in [-0.4, -0.2) is 30.2 Å². The number of anilines is 1. The van der Waals surface area contributed by atoms with E-state index in [1.54, 1.807) is 26.0 Å². The summed E-state index contributed by atoms with van der Waals surface area (Å²) in [4.78, 5) is 33.8. The number of carbonyl (C=O) groups is 1. The maximum atomic E-state index is 13.7. The lowest BCUT2D eigenvalue weighted by molar-refractivity contribution is -0.139. The third-order valence-corrected chi connectivity index (χ3v) is 7.01. The van der Waals surface area contributed by atoms with E-state index in [4.69, 9.17) is 4.74 Å². The van der Waals surface area contributed by atoms with Crippen LogP contribution in [0, 0.1) is 5.82 Å². The average Bonchev–Trinajstić information content (AvgIpc) is 3.15. The van der Waals surface area contributed by atoms with E-state index >= 15 is 0 Å². The Morgan fingerprint density at radius 2 is 1.77 bits per heavy atom. The van der Waals surface area contributed by atoms with E-state index in [9.17, 15) is 14.0 Å². The van der Waals surface area contributed by atoms with Gasteiger partial charge < -0.3 is 9.64 Å². The van der Waals surface area contributed by atoms with E-state index in [1.165, 1.54) is 28.0 Å². The van der Waals surface area contributed by atoms with E-state index in [0.717, 1.165) is 24.3 Å². The van der Waals surface area contributed by atoms with Gasteiger partial charge in [0.2, 0.25) is 0 Å². The van der Waals surface area contributed by atoms with Gasteiger partial charge in [-0.15, -0.1) is 0 Å². The summed E-state index contributed by atoms with van der Waals surface area (Å²) >= 11 is 1.27. The zero-order chi connectivity index (χ0) is 25.1. The fourth-order valence-electron chi connectivity index (χ4n) is 4.27. The third kappa shape index (κ3) is 4.84. The summed E-state index contributed by atoms with van der Waals surface area (Å²) in [5.41, 5.74) is 3.13. The standard InChI is InChI=1S/C27H28FN3O3S/c1-5-30(6-2)21-14-8-18(9-15-21)16-22-25(32)31-24(19-10-12-20(28)13-11-19)23(26(33)34-7-3)17(4)29-27(31)35-22/h8-16,24H,5-7H2,1-4H3/b22-16-/t24-/m0/s1. The van der Waals surface area contributed by atoms with Gasteiger partial charge in [0, 0.05) is 18.8 Å². The number of nitrogens with zero attached hydrogens (tertiary/aromatic N) is 3. The van der Waals surface area contributed by atoms with Gasteiger partial charge >= 0.3 is 5.97 Å². The van der Waals surface area contributed by atoms with Crippen LogP contribution in [0.5, 0.6) is 0 Å². The van der Waals surface area contributed by atoms with Crippen LogP contribution in [0.15, 0.2) is 69.6 Å². The Hall–Kier alpha value is -3.52. The molecule has 3 aromatic rings. The molecule has 0 spiro atoms. The number of benzene rings is 2. The Balaban J connectivity index is 1.85. The Kier molecular flexibility index (Phi) is 7.31. The number of carbonyl (C=O) groups excluding carboxylic acids is 1. The number of ether oxygens (including phenoxy) is 1. The van der Waals surface area contributed by atoms with Crippen molar-refractivity contribution in [2.75, 3.05) is 24.6 Å². The third-order valence-electron chi connectivity index (χ3n) is 6.02. The van der Waals surface area contributed by atoms with Crippen molar-refractivity contribution in [2.45, 2.75) is 33.7 Å². The SMILES string of the molecule is CCOC(=O)C1=C(C)N=c2s/c(=C\c3ccc(N(CC)CC)cc3)c(=O)n2[C@H]1c1ccc(F)cc1. The minimum atomic E-state index is -0.752. The molecule has 6 nitrogen and oxygen atoms in total. The van der Waals surface area contributed by atoms with Crippen molar-refractivity contribution in [3.05, 3.63) is 96.4 Å². The first-order valence-electron chi connectivity index (χ1n) is 11.7. The van der Waals surface area contributed by atoms with Crippen LogP contribution in [0.25, 0.3) is 6.08 Å². The summed E-state index contributed by atoms with van der Waals surface area (Å²) in [6, 6.07) is 13.1. The Morgan fingerprint density at radius 3 is 2.37 bits per heavy atom. The van der Waals surface area contributed by atoms with Gasteiger partial charge in [0.15, 0.2) is 4.80 Å². The van der Waals surface area contributed by atoms with Crippen molar-refractivity contribution < 1.29 is 13.9 Å². The molecule has 0 fully saturated rings. The first-order chi connectivity index (χ1) is 16.9. The van der Waals surface area contributed by atoms with Gasteiger partial charge in [0.05, 0.1) is 28.5 Å². The Bertz CT molecular complexity index is 1430. The van der Waals surface area contributed by atoms with Crippen LogP contribution in [-0.2, 0) is 9.53 Å². The predicted molar refractivity (Wildman–Crippen MR) is 137 cm³/mol. The molecule has 1 atom stereocenters. The maximum absolute atomic E-state index is 13.7. The summed E-state index contributed by atoms with van der Waals surface area (Å²) in [6.07, 6.45) is 1.83. The van der Waals surface area contributed by atoms with Crippen molar-refractivity contribution in [2.24, 2.45) is 4.99 Å². The van der Waals surface area contributed by atoms with Gasteiger partial charge in [0.25, 0.3) is 5.56 Å². The number of rotatable bonds is 7. The largest absolute Gasteiger partial charge is 0.463 e. The number of hydrogen-bond donors (Lipinski definition) is 0. The molecule has 2 heterocycles. The van der Waals surface area contributed by atoms with Gasteiger partial charge in [-0.25, -0.2) is 14.2 Å². The minimum Gasteiger partial charge on any atom is -0.463 e. The lowest BCUT2D eigenvalue weighted by Crippen LogP contribution is -2.39. The number of allylic oxidation sites excluding steroid dienone is 1. The van der Waals surface area contributed by atoms with Gasteiger partial charge in [-0.1, -0.05) is 35.6 Å². The van der Waals surface area contributed by atoms with Crippen LogP contribution in [0.3, 0.4) is 0 Å². The fraction of sp³-hybridized carbons (Fsp3) is 0.296.